The Morgan fingerprint density at radius 3 is 2.45 bits per heavy atom. The zero-order chi connectivity index (χ0) is 20.6. The fourth-order valence-electron chi connectivity index (χ4n) is 4.75. The summed E-state index contributed by atoms with van der Waals surface area (Å²) in [7, 11) is 1.58. The van der Waals surface area contributed by atoms with Crippen molar-refractivity contribution in [1.82, 2.24) is 19.8 Å². The molecule has 1 aromatic heterocycles. The third-order valence-electron chi connectivity index (χ3n) is 6.57. The van der Waals surface area contributed by atoms with Gasteiger partial charge in [0.15, 0.2) is 5.82 Å². The van der Waals surface area contributed by atoms with Crippen LogP contribution < -0.4 is 9.64 Å². The highest BCUT2D eigenvalue weighted by molar-refractivity contribution is 6.07. The average molecular weight is 402 g/mol. The molecule has 2 saturated heterocycles. The number of carbonyl (C=O) groups excluding carboxylic acids is 2. The molecule has 0 unspecified atom stereocenters. The highest BCUT2D eigenvalue weighted by Crippen LogP contribution is 2.41. The van der Waals surface area contributed by atoms with E-state index in [9.17, 15) is 9.59 Å². The topological polar surface area (TPSA) is 78.9 Å². The number of aromatic nitrogens is 2. The van der Waals surface area contributed by atoms with Crippen molar-refractivity contribution >= 4 is 17.8 Å². The number of urea groups is 1. The largest absolute Gasteiger partial charge is 0.478 e. The van der Waals surface area contributed by atoms with E-state index in [4.69, 9.17) is 4.74 Å². The second kappa shape index (κ2) is 7.80. The quantitative estimate of drug-likeness (QED) is 0.682. The number of ether oxygens (including phenoxy) is 1. The summed E-state index contributed by atoms with van der Waals surface area (Å²) in [6, 6.07) is -0.0962. The Morgan fingerprint density at radius 1 is 1.17 bits per heavy atom. The van der Waals surface area contributed by atoms with E-state index in [1.54, 1.807) is 24.4 Å². The summed E-state index contributed by atoms with van der Waals surface area (Å²) >= 11 is 0. The highest BCUT2D eigenvalue weighted by Gasteiger charge is 2.58. The van der Waals surface area contributed by atoms with Crippen LogP contribution in [0.2, 0.25) is 0 Å². The van der Waals surface area contributed by atoms with Gasteiger partial charge in [0.2, 0.25) is 0 Å². The first-order chi connectivity index (χ1) is 14.0. The number of carbonyl (C=O) groups is 2. The summed E-state index contributed by atoms with van der Waals surface area (Å²) in [6.45, 7) is 6.66. The molecule has 8 nitrogen and oxygen atoms in total. The Hall–Kier alpha value is -2.38. The van der Waals surface area contributed by atoms with Gasteiger partial charge in [-0.2, -0.15) is 0 Å². The monoisotopic (exact) mass is 401 g/mol. The number of methoxy groups -OCH3 is 1. The maximum atomic E-state index is 13.5. The Bertz CT molecular complexity index is 771. The molecule has 4 rings (SSSR count). The van der Waals surface area contributed by atoms with Gasteiger partial charge in [0.1, 0.15) is 5.54 Å². The lowest BCUT2D eigenvalue weighted by Gasteiger charge is -2.43. The van der Waals surface area contributed by atoms with E-state index >= 15 is 0 Å². The van der Waals surface area contributed by atoms with Gasteiger partial charge >= 0.3 is 6.03 Å². The molecule has 2 aliphatic heterocycles. The predicted octanol–water partition coefficient (Wildman–Crippen LogP) is 2.54. The van der Waals surface area contributed by atoms with Crippen LogP contribution in [0.25, 0.3) is 0 Å². The van der Waals surface area contributed by atoms with E-state index in [1.165, 1.54) is 6.42 Å². The van der Waals surface area contributed by atoms with Crippen LogP contribution in [-0.4, -0.2) is 70.5 Å². The molecule has 3 aliphatic rings. The zero-order valence-corrected chi connectivity index (χ0v) is 17.6. The van der Waals surface area contributed by atoms with Crippen molar-refractivity contribution in [3.63, 3.8) is 0 Å². The number of rotatable bonds is 6. The Labute approximate surface area is 172 Å². The van der Waals surface area contributed by atoms with E-state index < -0.39 is 5.54 Å². The summed E-state index contributed by atoms with van der Waals surface area (Å²) < 4.78 is 5.35. The smallest absolute Gasteiger partial charge is 0.327 e. The van der Waals surface area contributed by atoms with Crippen molar-refractivity contribution < 1.29 is 14.3 Å². The van der Waals surface area contributed by atoms with Crippen LogP contribution in [0.15, 0.2) is 12.4 Å². The molecule has 1 aliphatic carbocycles. The lowest BCUT2D eigenvalue weighted by Crippen LogP contribution is -2.57. The van der Waals surface area contributed by atoms with Crippen molar-refractivity contribution in [3.8, 4) is 5.88 Å². The first kappa shape index (κ1) is 19.9. The zero-order valence-electron chi connectivity index (χ0n) is 17.6. The van der Waals surface area contributed by atoms with Crippen LogP contribution in [0.3, 0.4) is 0 Å². The van der Waals surface area contributed by atoms with E-state index in [0.717, 1.165) is 12.8 Å². The third kappa shape index (κ3) is 3.42. The summed E-state index contributed by atoms with van der Waals surface area (Å²) in [4.78, 5) is 40.9. The van der Waals surface area contributed by atoms with Gasteiger partial charge in [-0.15, -0.1) is 0 Å². The van der Waals surface area contributed by atoms with Crippen LogP contribution in [0.1, 0.15) is 46.0 Å². The van der Waals surface area contributed by atoms with Crippen LogP contribution in [0.4, 0.5) is 10.6 Å². The molecule has 0 N–H and O–H groups in total. The average Bonchev–Trinajstić information content (AvgIpc) is 2.87. The minimum Gasteiger partial charge on any atom is -0.478 e. The summed E-state index contributed by atoms with van der Waals surface area (Å²) in [5, 5.41) is 0. The second-order valence-electron chi connectivity index (χ2n) is 8.91. The Kier molecular flexibility index (Phi) is 5.36. The molecule has 3 fully saturated rings. The standard InChI is InChI=1S/C21H31N5O3/c1-15(2)13-26-20(28)25(14-16-5-4-6-16)19(27)21(26)7-11-24(12-8-21)17-18(29-3)23-10-9-22-17/h9-10,15-16H,4-8,11-14H2,1-3H3. The number of anilines is 1. The molecule has 29 heavy (non-hydrogen) atoms. The normalized spacial score (nSPS) is 22.0. The first-order valence-corrected chi connectivity index (χ1v) is 10.7. The number of amides is 3. The minimum absolute atomic E-state index is 0.000751. The number of hydrogen-bond donors (Lipinski definition) is 0. The van der Waals surface area contributed by atoms with E-state index in [2.05, 4.69) is 28.7 Å². The maximum absolute atomic E-state index is 13.5. The van der Waals surface area contributed by atoms with Gasteiger partial charge in [0.25, 0.3) is 11.8 Å². The van der Waals surface area contributed by atoms with Crippen molar-refractivity contribution in [2.24, 2.45) is 11.8 Å². The van der Waals surface area contributed by atoms with Gasteiger partial charge in [0, 0.05) is 38.6 Å². The summed E-state index contributed by atoms with van der Waals surface area (Å²) in [5.74, 6) is 1.97. The fraction of sp³-hybridized carbons (Fsp3) is 0.714. The molecule has 158 valence electrons. The number of hydrogen-bond acceptors (Lipinski definition) is 6. The van der Waals surface area contributed by atoms with Crippen molar-refractivity contribution in [2.75, 3.05) is 38.2 Å². The minimum atomic E-state index is -0.725. The second-order valence-corrected chi connectivity index (χ2v) is 8.91. The van der Waals surface area contributed by atoms with Crippen molar-refractivity contribution in [3.05, 3.63) is 12.4 Å². The molecule has 1 spiro atoms. The highest BCUT2D eigenvalue weighted by atomic mass is 16.5. The lowest BCUT2D eigenvalue weighted by atomic mass is 9.83. The van der Waals surface area contributed by atoms with Gasteiger partial charge in [-0.05, 0) is 37.5 Å². The van der Waals surface area contributed by atoms with Crippen LogP contribution in [-0.2, 0) is 4.79 Å². The molecular weight excluding hydrogens is 370 g/mol. The van der Waals surface area contributed by atoms with Crippen LogP contribution in [0, 0.1) is 11.8 Å². The van der Waals surface area contributed by atoms with E-state index in [1.807, 2.05) is 4.90 Å². The van der Waals surface area contributed by atoms with E-state index in [-0.39, 0.29) is 11.9 Å². The van der Waals surface area contributed by atoms with E-state index in [0.29, 0.717) is 62.6 Å². The Balaban J connectivity index is 1.56. The molecule has 3 heterocycles. The molecule has 8 heteroatoms. The molecule has 0 bridgehead atoms. The van der Waals surface area contributed by atoms with Gasteiger partial charge in [-0.3, -0.25) is 9.69 Å². The molecule has 1 saturated carbocycles. The first-order valence-electron chi connectivity index (χ1n) is 10.7. The van der Waals surface area contributed by atoms with Gasteiger partial charge in [0.05, 0.1) is 7.11 Å². The molecular formula is C21H31N5O3. The number of piperidine rings is 1. The summed E-state index contributed by atoms with van der Waals surface area (Å²) in [5.41, 5.74) is -0.725. The number of nitrogens with zero attached hydrogens (tertiary/aromatic N) is 5. The molecule has 0 aromatic carbocycles. The Morgan fingerprint density at radius 2 is 1.86 bits per heavy atom. The predicted molar refractivity (Wildman–Crippen MR) is 109 cm³/mol. The summed E-state index contributed by atoms with van der Waals surface area (Å²) in [6.07, 6.45) is 7.91. The fourth-order valence-corrected chi connectivity index (χ4v) is 4.75. The molecule has 3 amide bonds. The van der Waals surface area contributed by atoms with Gasteiger partial charge < -0.3 is 14.5 Å². The third-order valence-corrected chi connectivity index (χ3v) is 6.57. The SMILES string of the molecule is COc1nccnc1N1CCC2(CC1)C(=O)N(CC1CCC1)C(=O)N2CC(C)C. The number of imide groups is 1. The van der Waals surface area contributed by atoms with Crippen molar-refractivity contribution in [1.29, 1.82) is 0 Å². The molecule has 0 radical (unpaired) electrons. The van der Waals surface area contributed by atoms with Crippen LogP contribution >= 0.6 is 0 Å². The molecule has 0 atom stereocenters. The maximum Gasteiger partial charge on any atom is 0.327 e. The van der Waals surface area contributed by atoms with Gasteiger partial charge in [-0.25, -0.2) is 14.8 Å². The van der Waals surface area contributed by atoms with Crippen molar-refractivity contribution in [2.45, 2.75) is 51.5 Å². The van der Waals surface area contributed by atoms with Crippen LogP contribution in [0.5, 0.6) is 5.88 Å². The molecule has 1 aromatic rings. The van der Waals surface area contributed by atoms with Gasteiger partial charge in [-0.1, -0.05) is 20.3 Å². The lowest BCUT2D eigenvalue weighted by molar-refractivity contribution is -0.135.